The van der Waals surface area contributed by atoms with Crippen LogP contribution in [-0.2, 0) is 4.79 Å². The van der Waals surface area contributed by atoms with Crippen LogP contribution in [0, 0.1) is 0 Å². The Kier molecular flexibility index (Phi) is 4.65. The zero-order valence-electron chi connectivity index (χ0n) is 10.5. The molecule has 0 spiro atoms. The first-order valence-corrected chi connectivity index (χ1v) is 6.82. The van der Waals surface area contributed by atoms with Gasteiger partial charge in [0.2, 0.25) is 0 Å². The third kappa shape index (κ3) is 4.43. The van der Waals surface area contributed by atoms with Gasteiger partial charge in [-0.1, -0.05) is 6.92 Å². The van der Waals surface area contributed by atoms with Crippen LogP contribution in [-0.4, -0.2) is 35.0 Å². The number of aliphatic imine (C=N–C) groups is 1. The third-order valence-electron chi connectivity index (χ3n) is 2.06. The van der Waals surface area contributed by atoms with Crippen molar-refractivity contribution in [2.45, 2.75) is 45.7 Å². The van der Waals surface area contributed by atoms with E-state index in [9.17, 15) is 4.79 Å². The predicted octanol–water partition coefficient (Wildman–Crippen LogP) is 1.37. The van der Waals surface area contributed by atoms with Gasteiger partial charge >= 0.3 is 0 Å². The highest BCUT2D eigenvalue weighted by Gasteiger charge is 2.27. The van der Waals surface area contributed by atoms with Gasteiger partial charge < -0.3 is 5.32 Å². The first kappa shape index (κ1) is 13.4. The molecule has 1 amide bonds. The Labute approximate surface area is 102 Å². The normalized spacial score (nSPS) is 20.6. The smallest absolute Gasteiger partial charge is 0.251 e. The van der Waals surface area contributed by atoms with E-state index in [1.807, 2.05) is 32.5 Å². The SMILES string of the molecule is CCSCCC1N=C(NC(C)(C)C)NC1=O. The van der Waals surface area contributed by atoms with E-state index >= 15 is 0 Å². The molecular weight excluding hydrogens is 222 g/mol. The lowest BCUT2D eigenvalue weighted by molar-refractivity contribution is -0.120. The van der Waals surface area contributed by atoms with Crippen molar-refractivity contribution < 1.29 is 4.79 Å². The van der Waals surface area contributed by atoms with Crippen molar-refractivity contribution in [2.75, 3.05) is 11.5 Å². The molecule has 1 aliphatic rings. The van der Waals surface area contributed by atoms with E-state index in [1.54, 1.807) is 0 Å². The molecule has 0 saturated carbocycles. The molecule has 0 aromatic heterocycles. The Balaban J connectivity index is 2.45. The zero-order valence-corrected chi connectivity index (χ0v) is 11.3. The van der Waals surface area contributed by atoms with Crippen LogP contribution in [0.1, 0.15) is 34.1 Å². The zero-order chi connectivity index (χ0) is 12.2. The van der Waals surface area contributed by atoms with Crippen molar-refractivity contribution >= 4 is 23.6 Å². The highest BCUT2D eigenvalue weighted by molar-refractivity contribution is 7.99. The molecule has 1 unspecified atom stereocenters. The van der Waals surface area contributed by atoms with Gasteiger partial charge in [0.15, 0.2) is 5.96 Å². The number of carbonyl (C=O) groups excluding carboxylic acids is 1. The van der Waals surface area contributed by atoms with Crippen molar-refractivity contribution in [1.82, 2.24) is 10.6 Å². The summed E-state index contributed by atoms with van der Waals surface area (Å²) in [6.45, 7) is 8.25. The van der Waals surface area contributed by atoms with E-state index in [2.05, 4.69) is 22.5 Å². The lowest BCUT2D eigenvalue weighted by atomic mass is 10.1. The van der Waals surface area contributed by atoms with Gasteiger partial charge in [-0.2, -0.15) is 11.8 Å². The van der Waals surface area contributed by atoms with Crippen LogP contribution in [0.15, 0.2) is 4.99 Å². The van der Waals surface area contributed by atoms with Gasteiger partial charge in [0, 0.05) is 5.54 Å². The highest BCUT2D eigenvalue weighted by atomic mass is 32.2. The summed E-state index contributed by atoms with van der Waals surface area (Å²) in [6, 6.07) is -0.205. The lowest BCUT2D eigenvalue weighted by Gasteiger charge is -2.21. The van der Waals surface area contributed by atoms with Crippen LogP contribution in [0.5, 0.6) is 0 Å². The molecule has 1 atom stereocenters. The molecular formula is C11H21N3OS. The molecule has 92 valence electrons. The predicted molar refractivity (Wildman–Crippen MR) is 69.9 cm³/mol. The van der Waals surface area contributed by atoms with Crippen molar-refractivity contribution in [3.8, 4) is 0 Å². The molecule has 0 fully saturated rings. The maximum Gasteiger partial charge on any atom is 0.251 e. The second kappa shape index (κ2) is 5.57. The lowest BCUT2D eigenvalue weighted by Crippen LogP contribution is -2.46. The molecule has 4 nitrogen and oxygen atoms in total. The minimum Gasteiger partial charge on any atom is -0.351 e. The third-order valence-corrected chi connectivity index (χ3v) is 2.99. The molecule has 1 rings (SSSR count). The first-order valence-electron chi connectivity index (χ1n) is 5.67. The Morgan fingerprint density at radius 3 is 2.75 bits per heavy atom. The number of amides is 1. The minimum atomic E-state index is -0.205. The average molecular weight is 243 g/mol. The van der Waals surface area contributed by atoms with E-state index in [4.69, 9.17) is 0 Å². The van der Waals surface area contributed by atoms with Gasteiger partial charge in [0.05, 0.1) is 0 Å². The highest BCUT2D eigenvalue weighted by Crippen LogP contribution is 2.11. The van der Waals surface area contributed by atoms with Gasteiger partial charge in [-0.3, -0.25) is 10.1 Å². The van der Waals surface area contributed by atoms with E-state index in [-0.39, 0.29) is 17.5 Å². The summed E-state index contributed by atoms with van der Waals surface area (Å²) in [4.78, 5) is 15.9. The fraction of sp³-hybridized carbons (Fsp3) is 0.818. The number of carbonyl (C=O) groups is 1. The number of hydrogen-bond donors (Lipinski definition) is 2. The van der Waals surface area contributed by atoms with Crippen LogP contribution in [0.25, 0.3) is 0 Å². The van der Waals surface area contributed by atoms with Crippen LogP contribution in [0.3, 0.4) is 0 Å². The largest absolute Gasteiger partial charge is 0.351 e. The molecule has 2 N–H and O–H groups in total. The Bertz CT molecular complexity index is 283. The van der Waals surface area contributed by atoms with E-state index in [1.165, 1.54) is 0 Å². The van der Waals surface area contributed by atoms with E-state index in [0.717, 1.165) is 17.9 Å². The number of guanidine groups is 1. The molecule has 0 aromatic rings. The summed E-state index contributed by atoms with van der Waals surface area (Å²) in [6.07, 6.45) is 0.819. The van der Waals surface area contributed by atoms with Gasteiger partial charge in [0.1, 0.15) is 6.04 Å². The number of nitrogens with zero attached hydrogens (tertiary/aromatic N) is 1. The van der Waals surface area contributed by atoms with Gasteiger partial charge in [-0.05, 0) is 38.7 Å². The quantitative estimate of drug-likeness (QED) is 0.733. The number of rotatable bonds is 4. The summed E-state index contributed by atoms with van der Waals surface area (Å²) in [7, 11) is 0. The summed E-state index contributed by atoms with van der Waals surface area (Å²) < 4.78 is 0. The van der Waals surface area contributed by atoms with Crippen molar-refractivity contribution in [3.05, 3.63) is 0 Å². The van der Waals surface area contributed by atoms with E-state index in [0.29, 0.717) is 5.96 Å². The average Bonchev–Trinajstić information content (AvgIpc) is 2.44. The molecule has 1 aliphatic heterocycles. The Morgan fingerprint density at radius 2 is 2.19 bits per heavy atom. The van der Waals surface area contributed by atoms with Gasteiger partial charge in [-0.15, -0.1) is 0 Å². The fourth-order valence-electron chi connectivity index (χ4n) is 1.40. The molecule has 16 heavy (non-hydrogen) atoms. The van der Waals surface area contributed by atoms with Crippen LogP contribution in [0.4, 0.5) is 0 Å². The van der Waals surface area contributed by atoms with Gasteiger partial charge in [-0.25, -0.2) is 4.99 Å². The first-order chi connectivity index (χ1) is 7.42. The van der Waals surface area contributed by atoms with Crippen LogP contribution >= 0.6 is 11.8 Å². The molecule has 0 aliphatic carbocycles. The summed E-state index contributed by atoms with van der Waals surface area (Å²) >= 11 is 1.84. The second-order valence-corrected chi connectivity index (χ2v) is 6.24. The van der Waals surface area contributed by atoms with Crippen molar-refractivity contribution in [3.63, 3.8) is 0 Å². The molecule has 0 saturated heterocycles. The van der Waals surface area contributed by atoms with Crippen molar-refractivity contribution in [2.24, 2.45) is 4.99 Å². The Morgan fingerprint density at radius 1 is 1.50 bits per heavy atom. The Hall–Kier alpha value is -0.710. The molecule has 5 heteroatoms. The van der Waals surface area contributed by atoms with Gasteiger partial charge in [0.25, 0.3) is 5.91 Å². The fourth-order valence-corrected chi connectivity index (χ4v) is 2.08. The summed E-state index contributed by atoms with van der Waals surface area (Å²) in [5.74, 6) is 2.71. The maximum absolute atomic E-state index is 11.6. The monoisotopic (exact) mass is 243 g/mol. The topological polar surface area (TPSA) is 53.5 Å². The van der Waals surface area contributed by atoms with Crippen LogP contribution in [0.2, 0.25) is 0 Å². The molecule has 0 radical (unpaired) electrons. The van der Waals surface area contributed by atoms with Crippen molar-refractivity contribution in [1.29, 1.82) is 0 Å². The summed E-state index contributed by atoms with van der Waals surface area (Å²) in [5, 5.41) is 5.96. The number of hydrogen-bond acceptors (Lipinski definition) is 4. The summed E-state index contributed by atoms with van der Waals surface area (Å²) in [5.41, 5.74) is -0.0703. The number of thioether (sulfide) groups is 1. The maximum atomic E-state index is 11.6. The van der Waals surface area contributed by atoms with Crippen LogP contribution < -0.4 is 10.6 Å². The standard InChI is InChI=1S/C11H21N3OS/c1-5-16-7-6-8-9(15)13-10(12-8)14-11(2,3)4/h8H,5-7H2,1-4H3,(H2,12,13,14,15). The second-order valence-electron chi connectivity index (χ2n) is 4.84. The number of nitrogens with one attached hydrogen (secondary N) is 2. The van der Waals surface area contributed by atoms with E-state index < -0.39 is 0 Å². The minimum absolute atomic E-state index is 0.0171. The molecule has 0 aromatic carbocycles. The molecule has 0 bridgehead atoms. The molecule has 1 heterocycles.